The Morgan fingerprint density at radius 1 is 1.43 bits per heavy atom. The predicted octanol–water partition coefficient (Wildman–Crippen LogP) is -0.815. The van der Waals surface area contributed by atoms with E-state index in [2.05, 4.69) is 16.6 Å². The van der Waals surface area contributed by atoms with Crippen LogP contribution in [0.3, 0.4) is 0 Å². The molecule has 0 aliphatic heterocycles. The third-order valence-corrected chi connectivity index (χ3v) is 2.60. The van der Waals surface area contributed by atoms with E-state index in [0.29, 0.717) is 0 Å². The Hall–Kier alpha value is -1.50. The summed E-state index contributed by atoms with van der Waals surface area (Å²) in [5.74, 6) is 2.16. The van der Waals surface area contributed by atoms with E-state index in [9.17, 15) is 14.7 Å². The maximum atomic E-state index is 10.7. The van der Waals surface area contributed by atoms with Gasteiger partial charge in [0.2, 0.25) is 0 Å². The molecule has 0 heterocycles. The van der Waals surface area contributed by atoms with Crippen molar-refractivity contribution in [2.75, 3.05) is 7.11 Å². The molecule has 0 aromatic rings. The molecule has 1 fully saturated rings. The average molecular weight is 195 g/mol. The second kappa shape index (κ2) is 3.33. The summed E-state index contributed by atoms with van der Waals surface area (Å²) in [5.41, 5.74) is -0.403. The van der Waals surface area contributed by atoms with Crippen LogP contribution in [0.1, 0.15) is 13.8 Å². The molecule has 0 aromatic carbocycles. The molecule has 2 unspecified atom stereocenters. The highest BCUT2D eigenvalue weighted by Crippen LogP contribution is 2.57. The van der Waals surface area contributed by atoms with Gasteiger partial charge in [-0.3, -0.25) is 0 Å². The lowest BCUT2D eigenvalue weighted by Crippen LogP contribution is -2.26. The molecule has 2 atom stereocenters. The van der Waals surface area contributed by atoms with Crippen LogP contribution in [0.25, 0.3) is 0 Å². The van der Waals surface area contributed by atoms with Gasteiger partial charge in [0.1, 0.15) is 0 Å². The molecule has 0 spiro atoms. The number of carboxylic acid groups (broad SMARTS) is 1. The molecule has 1 aliphatic rings. The molecular formula is C10H11O4-. The van der Waals surface area contributed by atoms with Gasteiger partial charge in [-0.05, 0) is 5.41 Å². The number of rotatable bonds is 1. The molecule has 0 radical (unpaired) electrons. The van der Waals surface area contributed by atoms with E-state index < -0.39 is 23.3 Å². The van der Waals surface area contributed by atoms with Crippen LogP contribution in [0.15, 0.2) is 0 Å². The van der Waals surface area contributed by atoms with Gasteiger partial charge in [-0.2, -0.15) is 0 Å². The summed E-state index contributed by atoms with van der Waals surface area (Å²) < 4.78 is 4.32. The fraction of sp³-hybridized carbons (Fsp3) is 0.600. The minimum absolute atomic E-state index is 0.313. The number of hydrogen-bond donors (Lipinski definition) is 0. The van der Waals surface area contributed by atoms with Gasteiger partial charge in [-0.25, -0.2) is 4.79 Å². The molecule has 1 aliphatic carbocycles. The first-order valence-electron chi connectivity index (χ1n) is 4.21. The predicted molar refractivity (Wildman–Crippen MR) is 45.6 cm³/mol. The molecule has 76 valence electrons. The van der Waals surface area contributed by atoms with Crippen LogP contribution in [0.4, 0.5) is 0 Å². The summed E-state index contributed by atoms with van der Waals surface area (Å²) in [4.78, 5) is 21.3. The van der Waals surface area contributed by atoms with E-state index in [1.165, 1.54) is 7.11 Å². The van der Waals surface area contributed by atoms with Gasteiger partial charge in [-0.15, -0.1) is 0 Å². The Labute approximate surface area is 82.2 Å². The van der Waals surface area contributed by atoms with Gasteiger partial charge < -0.3 is 14.6 Å². The van der Waals surface area contributed by atoms with E-state index in [-0.39, 0.29) is 5.92 Å². The molecule has 0 N–H and O–H groups in total. The summed E-state index contributed by atoms with van der Waals surface area (Å²) in [7, 11) is 1.23. The van der Waals surface area contributed by atoms with Crippen molar-refractivity contribution in [1.29, 1.82) is 0 Å². The normalized spacial score (nSPS) is 27.1. The number of hydrogen-bond acceptors (Lipinski definition) is 4. The summed E-state index contributed by atoms with van der Waals surface area (Å²) in [5, 5.41) is 10.6. The zero-order valence-corrected chi connectivity index (χ0v) is 8.29. The molecule has 4 nitrogen and oxygen atoms in total. The summed E-state index contributed by atoms with van der Waals surface area (Å²) >= 11 is 0. The molecule has 1 rings (SSSR count). The van der Waals surface area contributed by atoms with Gasteiger partial charge in [0.25, 0.3) is 0 Å². The van der Waals surface area contributed by atoms with Crippen LogP contribution in [0.5, 0.6) is 0 Å². The third-order valence-electron chi connectivity index (χ3n) is 2.60. The van der Waals surface area contributed by atoms with Crippen molar-refractivity contribution in [3.63, 3.8) is 0 Å². The van der Waals surface area contributed by atoms with Gasteiger partial charge in [-0.1, -0.05) is 19.8 Å². The maximum absolute atomic E-state index is 10.7. The van der Waals surface area contributed by atoms with Gasteiger partial charge in [0.05, 0.1) is 7.11 Å². The van der Waals surface area contributed by atoms with E-state index in [1.54, 1.807) is 13.8 Å². The highest BCUT2D eigenvalue weighted by molar-refractivity contribution is 5.88. The molecular weight excluding hydrogens is 184 g/mol. The number of carbonyl (C=O) groups is 2. The van der Waals surface area contributed by atoms with E-state index >= 15 is 0 Å². The molecule has 0 aromatic heterocycles. The fourth-order valence-corrected chi connectivity index (χ4v) is 1.53. The number of methoxy groups -OCH3 is 1. The summed E-state index contributed by atoms with van der Waals surface area (Å²) in [6.07, 6.45) is 0. The lowest BCUT2D eigenvalue weighted by Gasteiger charge is -2.00. The standard InChI is InChI=1S/C10H12O4/c1-10(2)6(8(10)9(12)13)4-5-7(11)14-3/h6,8H,1-3H3,(H,12,13)/p-1. The zero-order chi connectivity index (χ0) is 10.9. The van der Waals surface area contributed by atoms with Crippen molar-refractivity contribution in [2.45, 2.75) is 13.8 Å². The number of aliphatic carboxylic acids is 1. The molecule has 0 saturated heterocycles. The van der Waals surface area contributed by atoms with Crippen molar-refractivity contribution in [2.24, 2.45) is 17.3 Å². The first kappa shape index (κ1) is 10.6. The lowest BCUT2D eigenvalue weighted by molar-refractivity contribution is -0.308. The third kappa shape index (κ3) is 1.72. The van der Waals surface area contributed by atoms with Crippen LogP contribution < -0.4 is 5.11 Å². The highest BCUT2D eigenvalue weighted by atomic mass is 16.5. The topological polar surface area (TPSA) is 66.4 Å². The Morgan fingerprint density at radius 2 is 2.00 bits per heavy atom. The Balaban J connectivity index is 2.69. The van der Waals surface area contributed by atoms with Crippen molar-refractivity contribution in [3.05, 3.63) is 0 Å². The Bertz CT molecular complexity index is 332. The second-order valence-corrected chi connectivity index (χ2v) is 3.86. The van der Waals surface area contributed by atoms with Crippen molar-refractivity contribution in [3.8, 4) is 11.8 Å². The van der Waals surface area contributed by atoms with Crippen molar-refractivity contribution < 1.29 is 19.4 Å². The van der Waals surface area contributed by atoms with Crippen LogP contribution in [-0.2, 0) is 14.3 Å². The number of carbonyl (C=O) groups excluding carboxylic acids is 2. The molecule has 1 saturated carbocycles. The Morgan fingerprint density at radius 3 is 2.36 bits per heavy atom. The van der Waals surface area contributed by atoms with Gasteiger partial charge in [0.15, 0.2) is 0 Å². The lowest BCUT2D eigenvalue weighted by atomic mass is 10.1. The number of ether oxygens (including phenoxy) is 1. The number of carboxylic acids is 1. The molecule has 14 heavy (non-hydrogen) atoms. The van der Waals surface area contributed by atoms with E-state index in [4.69, 9.17) is 0 Å². The first-order valence-corrected chi connectivity index (χ1v) is 4.21. The molecule has 0 bridgehead atoms. The number of esters is 1. The minimum Gasteiger partial charge on any atom is -0.550 e. The highest BCUT2D eigenvalue weighted by Gasteiger charge is 2.57. The molecule has 0 amide bonds. The smallest absolute Gasteiger partial charge is 0.384 e. The maximum Gasteiger partial charge on any atom is 0.384 e. The minimum atomic E-state index is -1.11. The van der Waals surface area contributed by atoms with E-state index in [0.717, 1.165) is 0 Å². The van der Waals surface area contributed by atoms with Crippen LogP contribution in [-0.4, -0.2) is 19.0 Å². The second-order valence-electron chi connectivity index (χ2n) is 3.86. The SMILES string of the molecule is COC(=O)C#CC1C(C(=O)[O-])C1(C)C. The van der Waals surface area contributed by atoms with Gasteiger partial charge in [0, 0.05) is 23.7 Å². The Kier molecular flexibility index (Phi) is 2.52. The fourth-order valence-electron chi connectivity index (χ4n) is 1.53. The van der Waals surface area contributed by atoms with E-state index in [1.807, 2.05) is 0 Å². The van der Waals surface area contributed by atoms with Gasteiger partial charge >= 0.3 is 5.97 Å². The zero-order valence-electron chi connectivity index (χ0n) is 8.29. The summed E-state index contributed by atoms with van der Waals surface area (Å²) in [6.45, 7) is 3.56. The average Bonchev–Trinajstić information content (AvgIpc) is 2.64. The van der Waals surface area contributed by atoms with Crippen molar-refractivity contribution in [1.82, 2.24) is 0 Å². The van der Waals surface area contributed by atoms with Crippen LogP contribution in [0, 0.1) is 29.1 Å². The van der Waals surface area contributed by atoms with Crippen LogP contribution in [0.2, 0.25) is 0 Å². The monoisotopic (exact) mass is 195 g/mol. The largest absolute Gasteiger partial charge is 0.550 e. The van der Waals surface area contributed by atoms with Crippen LogP contribution >= 0.6 is 0 Å². The summed E-state index contributed by atoms with van der Waals surface area (Å²) in [6, 6.07) is 0. The van der Waals surface area contributed by atoms with Crippen molar-refractivity contribution >= 4 is 11.9 Å². The molecule has 4 heteroatoms. The first-order chi connectivity index (χ1) is 6.41. The quantitative estimate of drug-likeness (QED) is 0.311.